The van der Waals surface area contributed by atoms with Gasteiger partial charge < -0.3 is 5.73 Å². The van der Waals surface area contributed by atoms with Crippen molar-refractivity contribution >= 4 is 0 Å². The molecule has 0 saturated heterocycles. The van der Waals surface area contributed by atoms with Gasteiger partial charge in [-0.25, -0.2) is 0 Å². The van der Waals surface area contributed by atoms with Crippen molar-refractivity contribution in [3.05, 3.63) is 0 Å². The second kappa shape index (κ2) is 4.86. The highest BCUT2D eigenvalue weighted by molar-refractivity contribution is 4.90. The molecular weight excluding hydrogens is 182 g/mol. The fourth-order valence-electron chi connectivity index (χ4n) is 3.62. The Bertz CT molecular complexity index is 188. The Morgan fingerprint density at radius 1 is 1.07 bits per heavy atom. The van der Waals surface area contributed by atoms with Gasteiger partial charge >= 0.3 is 0 Å². The van der Waals surface area contributed by atoms with Crippen LogP contribution in [0.5, 0.6) is 0 Å². The highest BCUT2D eigenvalue weighted by Crippen LogP contribution is 2.42. The zero-order valence-corrected chi connectivity index (χ0v) is 10.3. The maximum Gasteiger partial charge on any atom is 0.00955 e. The Morgan fingerprint density at radius 3 is 2.27 bits per heavy atom. The lowest BCUT2D eigenvalue weighted by atomic mass is 9.74. The standard InChI is InChI=1S/C14H27N/c1-14(9-5-6-10-14)13(15)11-12-7-3-2-4-8-12/h12-13H,2-11,15H2,1H3. The van der Waals surface area contributed by atoms with Crippen molar-refractivity contribution in [1.82, 2.24) is 0 Å². The minimum atomic E-state index is 0.475. The van der Waals surface area contributed by atoms with Crippen LogP contribution in [-0.4, -0.2) is 6.04 Å². The molecule has 2 fully saturated rings. The Morgan fingerprint density at radius 2 is 1.67 bits per heavy atom. The molecule has 2 saturated carbocycles. The summed E-state index contributed by atoms with van der Waals surface area (Å²) in [6.45, 7) is 2.42. The summed E-state index contributed by atoms with van der Waals surface area (Å²) in [5, 5.41) is 0. The van der Waals surface area contributed by atoms with Crippen LogP contribution in [0, 0.1) is 11.3 Å². The smallest absolute Gasteiger partial charge is 0.00955 e. The van der Waals surface area contributed by atoms with E-state index >= 15 is 0 Å². The molecule has 0 aliphatic heterocycles. The molecule has 88 valence electrons. The van der Waals surface area contributed by atoms with Gasteiger partial charge in [0.15, 0.2) is 0 Å². The van der Waals surface area contributed by atoms with Gasteiger partial charge in [-0.15, -0.1) is 0 Å². The molecule has 1 unspecified atom stereocenters. The minimum Gasteiger partial charge on any atom is -0.327 e. The summed E-state index contributed by atoms with van der Waals surface area (Å²) in [6.07, 6.45) is 14.1. The molecule has 0 heterocycles. The monoisotopic (exact) mass is 209 g/mol. The third kappa shape index (κ3) is 2.75. The average Bonchev–Trinajstić information content (AvgIpc) is 2.68. The zero-order valence-electron chi connectivity index (χ0n) is 10.3. The van der Waals surface area contributed by atoms with Crippen molar-refractivity contribution in [2.45, 2.75) is 77.2 Å². The molecule has 0 bridgehead atoms. The van der Waals surface area contributed by atoms with Crippen molar-refractivity contribution in [3.63, 3.8) is 0 Å². The molecule has 0 aromatic heterocycles. The highest BCUT2D eigenvalue weighted by atomic mass is 14.7. The molecule has 2 aliphatic carbocycles. The molecule has 0 radical (unpaired) electrons. The van der Waals surface area contributed by atoms with Gasteiger partial charge in [0.05, 0.1) is 0 Å². The lowest BCUT2D eigenvalue weighted by Crippen LogP contribution is -2.39. The van der Waals surface area contributed by atoms with Crippen molar-refractivity contribution in [2.24, 2.45) is 17.1 Å². The van der Waals surface area contributed by atoms with Crippen molar-refractivity contribution in [3.8, 4) is 0 Å². The van der Waals surface area contributed by atoms with E-state index in [4.69, 9.17) is 5.73 Å². The molecule has 0 spiro atoms. The first-order valence-electron chi connectivity index (χ1n) is 6.96. The summed E-state index contributed by atoms with van der Waals surface area (Å²) in [7, 11) is 0. The maximum absolute atomic E-state index is 6.44. The molecule has 15 heavy (non-hydrogen) atoms. The third-order valence-corrected chi connectivity index (χ3v) is 4.95. The van der Waals surface area contributed by atoms with E-state index in [-0.39, 0.29) is 0 Å². The molecule has 0 amide bonds. The van der Waals surface area contributed by atoms with Crippen LogP contribution >= 0.6 is 0 Å². The molecule has 0 aromatic rings. The van der Waals surface area contributed by atoms with Gasteiger partial charge in [-0.3, -0.25) is 0 Å². The topological polar surface area (TPSA) is 26.0 Å². The van der Waals surface area contributed by atoms with Crippen molar-refractivity contribution in [1.29, 1.82) is 0 Å². The first-order chi connectivity index (χ1) is 7.21. The maximum atomic E-state index is 6.44. The average molecular weight is 209 g/mol. The lowest BCUT2D eigenvalue weighted by Gasteiger charge is -2.34. The van der Waals surface area contributed by atoms with E-state index in [0.717, 1.165) is 5.92 Å². The van der Waals surface area contributed by atoms with Gasteiger partial charge in [-0.1, -0.05) is 51.9 Å². The van der Waals surface area contributed by atoms with E-state index in [9.17, 15) is 0 Å². The number of nitrogens with two attached hydrogens (primary N) is 1. The molecule has 1 atom stereocenters. The van der Waals surface area contributed by atoms with Crippen molar-refractivity contribution < 1.29 is 0 Å². The quantitative estimate of drug-likeness (QED) is 0.750. The fourth-order valence-corrected chi connectivity index (χ4v) is 3.62. The summed E-state index contributed by atoms with van der Waals surface area (Å²) >= 11 is 0. The van der Waals surface area contributed by atoms with Gasteiger partial charge in [0.25, 0.3) is 0 Å². The molecule has 0 aromatic carbocycles. The van der Waals surface area contributed by atoms with Gasteiger partial charge in [0, 0.05) is 6.04 Å². The Labute approximate surface area is 94.8 Å². The number of rotatable bonds is 3. The van der Waals surface area contributed by atoms with Gasteiger partial charge in [0.1, 0.15) is 0 Å². The van der Waals surface area contributed by atoms with Crippen LogP contribution in [0.25, 0.3) is 0 Å². The van der Waals surface area contributed by atoms with Gasteiger partial charge in [-0.05, 0) is 30.6 Å². The van der Waals surface area contributed by atoms with Crippen LogP contribution in [0.15, 0.2) is 0 Å². The first-order valence-corrected chi connectivity index (χ1v) is 6.96. The van der Waals surface area contributed by atoms with E-state index in [1.54, 1.807) is 0 Å². The van der Waals surface area contributed by atoms with Crippen LogP contribution in [0.3, 0.4) is 0 Å². The first kappa shape index (κ1) is 11.4. The van der Waals surface area contributed by atoms with E-state index < -0.39 is 0 Å². The molecule has 2 aliphatic rings. The Kier molecular flexibility index (Phi) is 3.71. The molecule has 1 nitrogen and oxygen atoms in total. The predicted molar refractivity (Wildman–Crippen MR) is 65.7 cm³/mol. The zero-order chi connectivity index (χ0) is 10.7. The van der Waals surface area contributed by atoms with Gasteiger partial charge in [-0.2, -0.15) is 0 Å². The van der Waals surface area contributed by atoms with Crippen LogP contribution in [0.4, 0.5) is 0 Å². The van der Waals surface area contributed by atoms with Crippen molar-refractivity contribution in [2.75, 3.05) is 0 Å². The largest absolute Gasteiger partial charge is 0.327 e. The van der Waals surface area contributed by atoms with E-state index in [1.807, 2.05) is 0 Å². The van der Waals surface area contributed by atoms with E-state index in [0.29, 0.717) is 11.5 Å². The fraction of sp³-hybridized carbons (Fsp3) is 1.00. The molecule has 2 rings (SSSR count). The lowest BCUT2D eigenvalue weighted by molar-refractivity contribution is 0.205. The Hall–Kier alpha value is -0.0400. The van der Waals surface area contributed by atoms with Crippen LogP contribution in [0.1, 0.15) is 71.1 Å². The van der Waals surface area contributed by atoms with E-state index in [2.05, 4.69) is 6.92 Å². The van der Waals surface area contributed by atoms with Gasteiger partial charge in [0.2, 0.25) is 0 Å². The summed E-state index contributed by atoms with van der Waals surface area (Å²) in [5.41, 5.74) is 6.93. The summed E-state index contributed by atoms with van der Waals surface area (Å²) < 4.78 is 0. The van der Waals surface area contributed by atoms with Crippen LogP contribution < -0.4 is 5.73 Å². The minimum absolute atomic E-state index is 0.475. The van der Waals surface area contributed by atoms with Crippen LogP contribution in [-0.2, 0) is 0 Å². The SMILES string of the molecule is CC1(C(N)CC2CCCCC2)CCCC1. The summed E-state index contributed by atoms with van der Waals surface area (Å²) in [5.74, 6) is 0.950. The molecule has 2 N–H and O–H groups in total. The predicted octanol–water partition coefficient (Wildman–Crippen LogP) is 3.86. The third-order valence-electron chi connectivity index (χ3n) is 4.95. The number of hydrogen-bond acceptors (Lipinski definition) is 1. The highest BCUT2D eigenvalue weighted by Gasteiger charge is 2.35. The summed E-state index contributed by atoms with van der Waals surface area (Å²) in [4.78, 5) is 0. The number of hydrogen-bond donors (Lipinski definition) is 1. The van der Waals surface area contributed by atoms with E-state index in [1.165, 1.54) is 64.2 Å². The Balaban J connectivity index is 1.82. The second-order valence-electron chi connectivity index (χ2n) is 6.21. The molecular formula is C14H27N. The second-order valence-corrected chi connectivity index (χ2v) is 6.21. The molecule has 1 heteroatoms. The van der Waals surface area contributed by atoms with Crippen LogP contribution in [0.2, 0.25) is 0 Å². The summed E-state index contributed by atoms with van der Waals surface area (Å²) in [6, 6.07) is 0.475. The normalized spacial score (nSPS) is 29.2.